The van der Waals surface area contributed by atoms with Crippen LogP contribution in [0.25, 0.3) is 0 Å². The van der Waals surface area contributed by atoms with Gasteiger partial charge in [-0.15, -0.1) is 0 Å². The molecule has 1 aliphatic rings. The second kappa shape index (κ2) is 15.6. The second-order valence-electron chi connectivity index (χ2n) is 10.7. The van der Waals surface area contributed by atoms with E-state index >= 15 is 0 Å². The quantitative estimate of drug-likeness (QED) is 0.185. The number of hydrogen-bond acceptors (Lipinski definition) is 5. The van der Waals surface area contributed by atoms with Crippen molar-refractivity contribution in [3.63, 3.8) is 0 Å². The molecule has 0 radical (unpaired) electrons. The van der Waals surface area contributed by atoms with E-state index in [0.29, 0.717) is 26.2 Å². The molecule has 1 heterocycles. The summed E-state index contributed by atoms with van der Waals surface area (Å²) in [6, 6.07) is 41.4. The Balaban J connectivity index is 1.43. The molecular weight excluding hydrogens is 510 g/mol. The fourth-order valence-corrected chi connectivity index (χ4v) is 5.64. The SMILES string of the molecule is OCCC[C@H](OCc1ccccc1)[C@H]1[C@H](OCc2ccccc2)[C@@H](OCc2ccccc2)CN1Cc1ccccc1. The first-order valence-electron chi connectivity index (χ1n) is 14.7. The van der Waals surface area contributed by atoms with E-state index in [4.69, 9.17) is 14.2 Å². The molecule has 5 rings (SSSR count). The lowest BCUT2D eigenvalue weighted by molar-refractivity contribution is -0.104. The third kappa shape index (κ3) is 8.59. The highest BCUT2D eigenvalue weighted by Gasteiger charge is 2.47. The first-order valence-corrected chi connectivity index (χ1v) is 14.7. The normalized spacial score (nSPS) is 19.8. The summed E-state index contributed by atoms with van der Waals surface area (Å²) in [7, 11) is 0. The first kappa shape index (κ1) is 29.2. The van der Waals surface area contributed by atoms with Crippen LogP contribution in [0.3, 0.4) is 0 Å². The van der Waals surface area contributed by atoms with Gasteiger partial charge in [0.1, 0.15) is 6.10 Å². The minimum Gasteiger partial charge on any atom is -0.396 e. The third-order valence-corrected chi connectivity index (χ3v) is 7.69. The highest BCUT2D eigenvalue weighted by atomic mass is 16.5. The van der Waals surface area contributed by atoms with Crippen molar-refractivity contribution >= 4 is 0 Å². The van der Waals surface area contributed by atoms with Crippen LogP contribution >= 0.6 is 0 Å². The molecule has 4 aromatic carbocycles. The van der Waals surface area contributed by atoms with Crippen molar-refractivity contribution in [2.24, 2.45) is 0 Å². The molecule has 0 bridgehead atoms. The van der Waals surface area contributed by atoms with E-state index in [9.17, 15) is 5.11 Å². The van der Waals surface area contributed by atoms with Gasteiger partial charge < -0.3 is 19.3 Å². The molecule has 1 N–H and O–H groups in total. The first-order chi connectivity index (χ1) is 20.3. The number of hydrogen-bond donors (Lipinski definition) is 1. The van der Waals surface area contributed by atoms with Crippen molar-refractivity contribution in [2.75, 3.05) is 13.2 Å². The highest BCUT2D eigenvalue weighted by molar-refractivity contribution is 5.18. The Labute approximate surface area is 244 Å². The van der Waals surface area contributed by atoms with E-state index in [1.165, 1.54) is 5.56 Å². The zero-order valence-electron chi connectivity index (χ0n) is 23.6. The summed E-state index contributed by atoms with van der Waals surface area (Å²) in [5, 5.41) is 9.80. The Morgan fingerprint density at radius 2 is 1.12 bits per heavy atom. The molecule has 214 valence electrons. The fourth-order valence-electron chi connectivity index (χ4n) is 5.64. The van der Waals surface area contributed by atoms with Gasteiger partial charge in [-0.3, -0.25) is 4.90 Å². The topological polar surface area (TPSA) is 51.2 Å². The summed E-state index contributed by atoms with van der Waals surface area (Å²) in [6.07, 6.45) is 0.912. The van der Waals surface area contributed by atoms with Gasteiger partial charge >= 0.3 is 0 Å². The summed E-state index contributed by atoms with van der Waals surface area (Å²) in [5.74, 6) is 0. The van der Waals surface area contributed by atoms with E-state index in [0.717, 1.165) is 36.2 Å². The van der Waals surface area contributed by atoms with Crippen LogP contribution in [0.5, 0.6) is 0 Å². The Morgan fingerprint density at radius 3 is 1.66 bits per heavy atom. The predicted octanol–water partition coefficient (Wildman–Crippen LogP) is 6.40. The average Bonchev–Trinajstić information content (AvgIpc) is 3.37. The van der Waals surface area contributed by atoms with Crippen molar-refractivity contribution in [1.29, 1.82) is 0 Å². The van der Waals surface area contributed by atoms with Crippen molar-refractivity contribution in [2.45, 2.75) is 63.6 Å². The van der Waals surface area contributed by atoms with Gasteiger partial charge in [0, 0.05) is 19.7 Å². The number of rotatable bonds is 15. The predicted molar refractivity (Wildman–Crippen MR) is 162 cm³/mol. The van der Waals surface area contributed by atoms with E-state index in [1.54, 1.807) is 0 Å². The smallest absolute Gasteiger partial charge is 0.103 e. The van der Waals surface area contributed by atoms with Crippen LogP contribution in [0, 0.1) is 0 Å². The summed E-state index contributed by atoms with van der Waals surface area (Å²) < 4.78 is 20.1. The van der Waals surface area contributed by atoms with Crippen LogP contribution < -0.4 is 0 Å². The van der Waals surface area contributed by atoms with Crippen LogP contribution in [-0.2, 0) is 40.6 Å². The molecule has 1 aliphatic heterocycles. The van der Waals surface area contributed by atoms with Crippen LogP contribution in [0.15, 0.2) is 121 Å². The Morgan fingerprint density at radius 1 is 0.634 bits per heavy atom. The molecule has 0 aliphatic carbocycles. The molecule has 4 atom stereocenters. The minimum atomic E-state index is -0.206. The Hall–Kier alpha value is -3.32. The minimum absolute atomic E-state index is 0.0463. The second-order valence-corrected chi connectivity index (χ2v) is 10.7. The van der Waals surface area contributed by atoms with Gasteiger partial charge in [0.05, 0.1) is 38.1 Å². The summed E-state index contributed by atoms with van der Waals surface area (Å²) in [5.41, 5.74) is 4.65. The monoisotopic (exact) mass is 551 g/mol. The summed E-state index contributed by atoms with van der Waals surface area (Å²) in [6.45, 7) is 3.16. The third-order valence-electron chi connectivity index (χ3n) is 7.69. The Kier molecular flexibility index (Phi) is 11.1. The number of ether oxygens (including phenoxy) is 3. The number of likely N-dealkylation sites (tertiary alicyclic amines) is 1. The lowest BCUT2D eigenvalue weighted by atomic mass is 9.99. The van der Waals surface area contributed by atoms with Crippen LogP contribution in [0.1, 0.15) is 35.1 Å². The lowest BCUT2D eigenvalue weighted by Gasteiger charge is -2.35. The van der Waals surface area contributed by atoms with Gasteiger partial charge in [-0.1, -0.05) is 121 Å². The molecule has 0 spiro atoms. The summed E-state index contributed by atoms with van der Waals surface area (Å²) in [4.78, 5) is 2.47. The molecule has 4 aromatic rings. The molecule has 41 heavy (non-hydrogen) atoms. The van der Waals surface area contributed by atoms with E-state index in [2.05, 4.69) is 71.6 Å². The van der Waals surface area contributed by atoms with Crippen molar-refractivity contribution in [3.8, 4) is 0 Å². The molecule has 0 amide bonds. The zero-order valence-corrected chi connectivity index (χ0v) is 23.6. The van der Waals surface area contributed by atoms with Gasteiger partial charge in [-0.25, -0.2) is 0 Å². The standard InChI is InChI=1S/C36H41NO4/c38-23-13-22-33(39-26-30-16-7-2-8-17-30)35-36(41-28-32-20-11-4-12-21-32)34(40-27-31-18-9-3-10-19-31)25-37(35)24-29-14-5-1-6-15-29/h1-12,14-21,33-36,38H,13,22-28H2/t33-,34-,35-,36+/m0/s1. The highest BCUT2D eigenvalue weighted by Crippen LogP contribution is 2.33. The average molecular weight is 552 g/mol. The van der Waals surface area contributed by atoms with Gasteiger partial charge in [0.15, 0.2) is 0 Å². The van der Waals surface area contributed by atoms with E-state index < -0.39 is 0 Å². The maximum atomic E-state index is 9.80. The molecular formula is C36H41NO4. The molecule has 0 saturated carbocycles. The summed E-state index contributed by atoms with van der Waals surface area (Å²) >= 11 is 0. The molecule has 5 nitrogen and oxygen atoms in total. The van der Waals surface area contributed by atoms with Crippen molar-refractivity contribution in [3.05, 3.63) is 144 Å². The van der Waals surface area contributed by atoms with Crippen LogP contribution in [0.2, 0.25) is 0 Å². The number of aliphatic hydroxyl groups excluding tert-OH is 1. The largest absolute Gasteiger partial charge is 0.396 e. The molecule has 5 heteroatoms. The lowest BCUT2D eigenvalue weighted by Crippen LogP contribution is -2.47. The molecule has 1 fully saturated rings. The molecule has 1 saturated heterocycles. The Bertz CT molecular complexity index is 1260. The van der Waals surface area contributed by atoms with E-state index in [-0.39, 0.29) is 31.0 Å². The van der Waals surface area contributed by atoms with Crippen molar-refractivity contribution < 1.29 is 19.3 Å². The molecule has 0 aromatic heterocycles. The number of nitrogens with zero attached hydrogens (tertiary/aromatic N) is 1. The van der Waals surface area contributed by atoms with Gasteiger partial charge in [-0.05, 0) is 35.1 Å². The molecule has 0 unspecified atom stereocenters. The maximum absolute atomic E-state index is 9.80. The fraction of sp³-hybridized carbons (Fsp3) is 0.333. The zero-order chi connectivity index (χ0) is 28.1. The van der Waals surface area contributed by atoms with Gasteiger partial charge in [0.2, 0.25) is 0 Å². The van der Waals surface area contributed by atoms with E-state index in [1.807, 2.05) is 54.6 Å². The van der Waals surface area contributed by atoms with Crippen molar-refractivity contribution in [1.82, 2.24) is 4.90 Å². The number of aliphatic hydroxyl groups is 1. The van der Waals surface area contributed by atoms with Gasteiger partial charge in [0.25, 0.3) is 0 Å². The maximum Gasteiger partial charge on any atom is 0.103 e. The number of benzene rings is 4. The van der Waals surface area contributed by atoms with Gasteiger partial charge in [-0.2, -0.15) is 0 Å². The van der Waals surface area contributed by atoms with Crippen LogP contribution in [0.4, 0.5) is 0 Å². The van der Waals surface area contributed by atoms with Crippen LogP contribution in [-0.4, -0.2) is 47.5 Å².